The molecule has 1 heterocycles. The predicted molar refractivity (Wildman–Crippen MR) is 88.7 cm³/mol. The molecule has 1 N–H and O–H groups in total. The molecule has 118 valence electrons. The minimum atomic E-state index is 0.577. The Bertz CT molecular complexity index is 382. The van der Waals surface area contributed by atoms with Crippen molar-refractivity contribution in [3.05, 3.63) is 35.9 Å². The van der Waals surface area contributed by atoms with E-state index in [4.69, 9.17) is 4.74 Å². The number of hydrogen-bond acceptors (Lipinski definition) is 3. The highest BCUT2D eigenvalue weighted by atomic mass is 16.5. The predicted octanol–water partition coefficient (Wildman–Crippen LogP) is 2.71. The van der Waals surface area contributed by atoms with E-state index in [1.165, 1.54) is 18.4 Å². The Balaban J connectivity index is 1.81. The second-order valence-corrected chi connectivity index (χ2v) is 6.11. The zero-order valence-corrected chi connectivity index (χ0v) is 13.6. The fourth-order valence-electron chi connectivity index (χ4n) is 2.92. The van der Waals surface area contributed by atoms with Crippen molar-refractivity contribution in [1.29, 1.82) is 0 Å². The molecule has 21 heavy (non-hydrogen) atoms. The third kappa shape index (κ3) is 5.77. The summed E-state index contributed by atoms with van der Waals surface area (Å²) < 4.78 is 5.75. The molecule has 0 amide bonds. The SMILES string of the molecule is CCCCOCCN1CC(C)NCC1Cc1ccccc1. The van der Waals surface area contributed by atoms with Gasteiger partial charge < -0.3 is 10.1 Å². The lowest BCUT2D eigenvalue weighted by molar-refractivity contribution is 0.0663. The average Bonchev–Trinajstić information content (AvgIpc) is 2.51. The second kappa shape index (κ2) is 9.19. The fraction of sp³-hybridized carbons (Fsp3) is 0.667. The van der Waals surface area contributed by atoms with Crippen molar-refractivity contribution >= 4 is 0 Å². The van der Waals surface area contributed by atoms with E-state index < -0.39 is 0 Å². The van der Waals surface area contributed by atoms with Crippen LogP contribution in [0.5, 0.6) is 0 Å². The molecule has 0 bridgehead atoms. The number of unbranched alkanes of at least 4 members (excludes halogenated alkanes) is 1. The molecule has 0 spiro atoms. The van der Waals surface area contributed by atoms with E-state index in [1.54, 1.807) is 0 Å². The van der Waals surface area contributed by atoms with Crippen LogP contribution in [0, 0.1) is 0 Å². The van der Waals surface area contributed by atoms with E-state index in [9.17, 15) is 0 Å². The lowest BCUT2D eigenvalue weighted by Gasteiger charge is -2.39. The Morgan fingerprint density at radius 3 is 2.81 bits per heavy atom. The van der Waals surface area contributed by atoms with Gasteiger partial charge in [-0.15, -0.1) is 0 Å². The minimum absolute atomic E-state index is 0.577. The summed E-state index contributed by atoms with van der Waals surface area (Å²) >= 11 is 0. The molecule has 3 heteroatoms. The van der Waals surface area contributed by atoms with Gasteiger partial charge in [0.15, 0.2) is 0 Å². The van der Waals surface area contributed by atoms with Crippen LogP contribution in [0.4, 0.5) is 0 Å². The van der Waals surface area contributed by atoms with Gasteiger partial charge in [-0.3, -0.25) is 4.90 Å². The third-order valence-electron chi connectivity index (χ3n) is 4.21. The Morgan fingerprint density at radius 1 is 1.24 bits per heavy atom. The summed E-state index contributed by atoms with van der Waals surface area (Å²) in [6.07, 6.45) is 3.50. The molecule has 1 aliphatic rings. The van der Waals surface area contributed by atoms with Gasteiger partial charge in [0.05, 0.1) is 6.61 Å². The maximum atomic E-state index is 5.75. The van der Waals surface area contributed by atoms with Gasteiger partial charge in [-0.2, -0.15) is 0 Å². The van der Waals surface area contributed by atoms with Crippen LogP contribution in [0.15, 0.2) is 30.3 Å². The number of piperazine rings is 1. The smallest absolute Gasteiger partial charge is 0.0593 e. The van der Waals surface area contributed by atoms with E-state index in [2.05, 4.69) is 54.4 Å². The number of benzene rings is 1. The van der Waals surface area contributed by atoms with Crippen LogP contribution < -0.4 is 5.32 Å². The number of nitrogens with zero attached hydrogens (tertiary/aromatic N) is 1. The van der Waals surface area contributed by atoms with Gasteiger partial charge >= 0.3 is 0 Å². The molecule has 2 atom stereocenters. The van der Waals surface area contributed by atoms with Crippen molar-refractivity contribution in [2.24, 2.45) is 0 Å². The third-order valence-corrected chi connectivity index (χ3v) is 4.21. The Labute approximate surface area is 129 Å². The van der Waals surface area contributed by atoms with Crippen molar-refractivity contribution in [1.82, 2.24) is 10.2 Å². The van der Waals surface area contributed by atoms with E-state index in [0.717, 1.165) is 39.3 Å². The van der Waals surface area contributed by atoms with Crippen LogP contribution in [-0.4, -0.2) is 49.8 Å². The molecular formula is C18H30N2O. The highest BCUT2D eigenvalue weighted by Crippen LogP contribution is 2.13. The molecule has 0 aliphatic carbocycles. The maximum Gasteiger partial charge on any atom is 0.0593 e. The zero-order valence-electron chi connectivity index (χ0n) is 13.6. The van der Waals surface area contributed by atoms with E-state index in [1.807, 2.05) is 0 Å². The van der Waals surface area contributed by atoms with Crippen LogP contribution in [-0.2, 0) is 11.2 Å². The minimum Gasteiger partial charge on any atom is -0.380 e. The maximum absolute atomic E-state index is 5.75. The van der Waals surface area contributed by atoms with E-state index in [-0.39, 0.29) is 0 Å². The Kier molecular flexibility index (Phi) is 7.20. The molecule has 1 saturated heterocycles. The Hall–Kier alpha value is -0.900. The van der Waals surface area contributed by atoms with Crippen molar-refractivity contribution in [2.45, 2.75) is 45.2 Å². The fourth-order valence-corrected chi connectivity index (χ4v) is 2.92. The van der Waals surface area contributed by atoms with Crippen LogP contribution >= 0.6 is 0 Å². The molecule has 0 saturated carbocycles. The first-order valence-corrected chi connectivity index (χ1v) is 8.38. The van der Waals surface area contributed by atoms with Crippen molar-refractivity contribution in [3.63, 3.8) is 0 Å². The summed E-state index contributed by atoms with van der Waals surface area (Å²) in [4.78, 5) is 2.60. The van der Waals surface area contributed by atoms with Crippen molar-refractivity contribution in [2.75, 3.05) is 32.8 Å². The molecular weight excluding hydrogens is 260 g/mol. The highest BCUT2D eigenvalue weighted by molar-refractivity contribution is 5.16. The topological polar surface area (TPSA) is 24.5 Å². The molecule has 2 rings (SSSR count). The van der Waals surface area contributed by atoms with Crippen LogP contribution in [0.1, 0.15) is 32.3 Å². The van der Waals surface area contributed by atoms with Gasteiger partial charge in [0.25, 0.3) is 0 Å². The molecule has 0 aromatic heterocycles. The first kappa shape index (κ1) is 16.5. The summed E-state index contributed by atoms with van der Waals surface area (Å²) in [7, 11) is 0. The second-order valence-electron chi connectivity index (χ2n) is 6.11. The lowest BCUT2D eigenvalue weighted by atomic mass is 10.0. The lowest BCUT2D eigenvalue weighted by Crippen LogP contribution is -2.56. The van der Waals surface area contributed by atoms with Gasteiger partial charge in [0.2, 0.25) is 0 Å². The number of ether oxygens (including phenoxy) is 1. The number of hydrogen-bond donors (Lipinski definition) is 1. The summed E-state index contributed by atoms with van der Waals surface area (Å²) in [6.45, 7) is 9.48. The molecule has 1 fully saturated rings. The molecule has 3 nitrogen and oxygen atoms in total. The van der Waals surface area contributed by atoms with Gasteiger partial charge in [-0.05, 0) is 25.3 Å². The summed E-state index contributed by atoms with van der Waals surface area (Å²) in [6, 6.07) is 12.0. The summed E-state index contributed by atoms with van der Waals surface area (Å²) in [5.74, 6) is 0. The van der Waals surface area contributed by atoms with Gasteiger partial charge in [-0.1, -0.05) is 43.7 Å². The Morgan fingerprint density at radius 2 is 2.05 bits per heavy atom. The molecule has 0 radical (unpaired) electrons. The largest absolute Gasteiger partial charge is 0.380 e. The standard InChI is InChI=1S/C18H30N2O/c1-3-4-11-21-12-10-20-15-16(2)19-14-18(20)13-17-8-6-5-7-9-17/h5-9,16,18-19H,3-4,10-15H2,1-2H3. The van der Waals surface area contributed by atoms with Gasteiger partial charge in [0, 0.05) is 38.3 Å². The van der Waals surface area contributed by atoms with Crippen LogP contribution in [0.3, 0.4) is 0 Å². The summed E-state index contributed by atoms with van der Waals surface area (Å²) in [5, 5.41) is 3.61. The quantitative estimate of drug-likeness (QED) is 0.745. The molecule has 2 unspecified atom stereocenters. The molecule has 1 aliphatic heterocycles. The first-order chi connectivity index (χ1) is 10.3. The van der Waals surface area contributed by atoms with Crippen LogP contribution in [0.2, 0.25) is 0 Å². The van der Waals surface area contributed by atoms with Gasteiger partial charge in [0.1, 0.15) is 0 Å². The van der Waals surface area contributed by atoms with E-state index in [0.29, 0.717) is 12.1 Å². The van der Waals surface area contributed by atoms with Crippen molar-refractivity contribution in [3.8, 4) is 0 Å². The zero-order chi connectivity index (χ0) is 14.9. The number of rotatable bonds is 8. The average molecular weight is 290 g/mol. The number of nitrogens with one attached hydrogen (secondary N) is 1. The van der Waals surface area contributed by atoms with E-state index >= 15 is 0 Å². The normalized spacial score (nSPS) is 23.3. The molecule has 1 aromatic rings. The first-order valence-electron chi connectivity index (χ1n) is 8.38. The van der Waals surface area contributed by atoms with Crippen LogP contribution in [0.25, 0.3) is 0 Å². The van der Waals surface area contributed by atoms with Crippen molar-refractivity contribution < 1.29 is 4.74 Å². The monoisotopic (exact) mass is 290 g/mol. The molecule has 1 aromatic carbocycles. The van der Waals surface area contributed by atoms with Gasteiger partial charge in [-0.25, -0.2) is 0 Å². The highest BCUT2D eigenvalue weighted by Gasteiger charge is 2.25. The summed E-state index contributed by atoms with van der Waals surface area (Å²) in [5.41, 5.74) is 1.43.